The average molecular weight is 224 g/mol. The number of nitrogens with one attached hydrogen (secondary N) is 1. The van der Waals surface area contributed by atoms with E-state index >= 15 is 0 Å². The zero-order chi connectivity index (χ0) is 12.0. The van der Waals surface area contributed by atoms with E-state index in [1.165, 1.54) is 6.07 Å². The molecule has 1 rings (SSSR count). The highest BCUT2D eigenvalue weighted by Gasteiger charge is 2.08. The molecule has 0 saturated heterocycles. The molecule has 1 aromatic carbocycles. The molecule has 0 bridgehead atoms. The van der Waals surface area contributed by atoms with Crippen LogP contribution in [-0.4, -0.2) is 25.7 Å². The van der Waals surface area contributed by atoms with Crippen molar-refractivity contribution in [1.29, 1.82) is 0 Å². The predicted molar refractivity (Wildman–Crippen MR) is 67.4 cm³/mol. The Morgan fingerprint density at radius 3 is 2.56 bits per heavy atom. The number of likely N-dealkylation sites (N-methyl/N-ethyl adjacent to an activating group) is 1. The zero-order valence-corrected chi connectivity index (χ0v) is 10.3. The third-order valence-electron chi connectivity index (χ3n) is 2.51. The molecule has 0 aliphatic carbocycles. The molecule has 0 radical (unpaired) electrons. The van der Waals surface area contributed by atoms with Crippen LogP contribution >= 0.6 is 0 Å². The van der Waals surface area contributed by atoms with Crippen molar-refractivity contribution in [1.82, 2.24) is 5.32 Å². The largest absolute Gasteiger partial charge is 0.368 e. The van der Waals surface area contributed by atoms with Gasteiger partial charge < -0.3 is 10.2 Å². The topological polar surface area (TPSA) is 15.3 Å². The normalized spacial score (nSPS) is 10.8. The van der Waals surface area contributed by atoms with Gasteiger partial charge in [0.25, 0.3) is 0 Å². The van der Waals surface area contributed by atoms with Crippen LogP contribution in [0.15, 0.2) is 24.3 Å². The van der Waals surface area contributed by atoms with E-state index in [-0.39, 0.29) is 5.82 Å². The molecular formula is C13H21FN2. The van der Waals surface area contributed by atoms with Crippen LogP contribution in [-0.2, 0) is 0 Å². The highest BCUT2D eigenvalue weighted by Crippen LogP contribution is 2.17. The van der Waals surface area contributed by atoms with Crippen molar-refractivity contribution >= 4 is 5.69 Å². The van der Waals surface area contributed by atoms with Gasteiger partial charge in [-0.05, 0) is 19.1 Å². The fourth-order valence-corrected chi connectivity index (χ4v) is 1.65. The van der Waals surface area contributed by atoms with E-state index in [2.05, 4.69) is 19.2 Å². The molecule has 0 aromatic heterocycles. The van der Waals surface area contributed by atoms with Crippen LogP contribution in [0.5, 0.6) is 0 Å². The Kier molecular flexibility index (Phi) is 5.26. The molecule has 1 aromatic rings. The highest BCUT2D eigenvalue weighted by atomic mass is 19.1. The molecule has 0 unspecified atom stereocenters. The zero-order valence-electron chi connectivity index (χ0n) is 10.3. The van der Waals surface area contributed by atoms with Crippen LogP contribution in [0, 0.1) is 5.82 Å². The third-order valence-corrected chi connectivity index (χ3v) is 2.51. The molecule has 16 heavy (non-hydrogen) atoms. The molecule has 3 heteroatoms. The molecule has 0 saturated carbocycles. The molecule has 0 fully saturated rings. The average Bonchev–Trinajstić information content (AvgIpc) is 2.25. The first-order chi connectivity index (χ1) is 7.65. The smallest absolute Gasteiger partial charge is 0.146 e. The van der Waals surface area contributed by atoms with Crippen LogP contribution in [0.1, 0.15) is 20.8 Å². The van der Waals surface area contributed by atoms with E-state index in [0.29, 0.717) is 11.7 Å². The predicted octanol–water partition coefficient (Wildman–Crippen LogP) is 2.65. The van der Waals surface area contributed by atoms with Crippen molar-refractivity contribution in [3.63, 3.8) is 0 Å². The molecule has 0 spiro atoms. The van der Waals surface area contributed by atoms with Crippen LogP contribution < -0.4 is 10.2 Å². The maximum Gasteiger partial charge on any atom is 0.146 e. The maximum absolute atomic E-state index is 13.6. The highest BCUT2D eigenvalue weighted by molar-refractivity contribution is 5.47. The minimum Gasteiger partial charge on any atom is -0.368 e. The Morgan fingerprint density at radius 2 is 2.00 bits per heavy atom. The number of benzene rings is 1. The number of para-hydroxylation sites is 1. The lowest BCUT2D eigenvalue weighted by molar-refractivity contribution is 0.574. The number of hydrogen-bond acceptors (Lipinski definition) is 2. The summed E-state index contributed by atoms with van der Waals surface area (Å²) < 4.78 is 13.6. The van der Waals surface area contributed by atoms with Crippen molar-refractivity contribution in [2.75, 3.05) is 24.5 Å². The van der Waals surface area contributed by atoms with Crippen LogP contribution in [0.25, 0.3) is 0 Å². The first-order valence-corrected chi connectivity index (χ1v) is 5.88. The van der Waals surface area contributed by atoms with Crippen molar-refractivity contribution < 1.29 is 4.39 Å². The molecule has 0 atom stereocenters. The number of rotatable bonds is 6. The lowest BCUT2D eigenvalue weighted by Gasteiger charge is -2.24. The van der Waals surface area contributed by atoms with Crippen molar-refractivity contribution in [2.24, 2.45) is 0 Å². The van der Waals surface area contributed by atoms with Gasteiger partial charge in [-0.25, -0.2) is 4.39 Å². The van der Waals surface area contributed by atoms with E-state index in [9.17, 15) is 4.39 Å². The molecule has 2 nitrogen and oxygen atoms in total. The van der Waals surface area contributed by atoms with E-state index in [1.807, 2.05) is 24.0 Å². The first-order valence-electron chi connectivity index (χ1n) is 5.88. The Balaban J connectivity index is 2.57. The lowest BCUT2D eigenvalue weighted by Crippen LogP contribution is -2.35. The lowest BCUT2D eigenvalue weighted by atomic mass is 10.2. The standard InChI is InChI=1S/C13H21FN2/c1-4-16(10-9-15-11(2)3)13-8-6-5-7-12(13)14/h5-8,11,15H,4,9-10H2,1-3H3. The van der Waals surface area contributed by atoms with Crippen LogP contribution in [0.2, 0.25) is 0 Å². The van der Waals surface area contributed by atoms with Gasteiger partial charge in [0.05, 0.1) is 5.69 Å². The molecule has 0 aliphatic heterocycles. The van der Waals surface area contributed by atoms with Gasteiger partial charge in [0.2, 0.25) is 0 Å². The van der Waals surface area contributed by atoms with Crippen molar-refractivity contribution in [3.8, 4) is 0 Å². The second-order valence-electron chi connectivity index (χ2n) is 4.14. The van der Waals surface area contributed by atoms with Gasteiger partial charge in [0.15, 0.2) is 0 Å². The summed E-state index contributed by atoms with van der Waals surface area (Å²) in [5.74, 6) is -0.145. The molecule has 0 heterocycles. The Morgan fingerprint density at radius 1 is 1.31 bits per heavy atom. The minimum atomic E-state index is -0.145. The van der Waals surface area contributed by atoms with Gasteiger partial charge in [0, 0.05) is 25.7 Å². The van der Waals surface area contributed by atoms with E-state index in [0.717, 1.165) is 19.6 Å². The molecule has 0 aliphatic rings. The van der Waals surface area contributed by atoms with E-state index in [4.69, 9.17) is 0 Å². The fraction of sp³-hybridized carbons (Fsp3) is 0.538. The van der Waals surface area contributed by atoms with E-state index < -0.39 is 0 Å². The quantitative estimate of drug-likeness (QED) is 0.799. The molecule has 0 amide bonds. The summed E-state index contributed by atoms with van der Waals surface area (Å²) in [5, 5.41) is 3.34. The van der Waals surface area contributed by atoms with Gasteiger partial charge in [0.1, 0.15) is 5.82 Å². The SMILES string of the molecule is CCN(CCNC(C)C)c1ccccc1F. The van der Waals surface area contributed by atoms with Gasteiger partial charge >= 0.3 is 0 Å². The Bertz CT molecular complexity index is 313. The summed E-state index contributed by atoms with van der Waals surface area (Å²) in [6, 6.07) is 7.40. The molecule has 90 valence electrons. The summed E-state index contributed by atoms with van der Waals surface area (Å²) >= 11 is 0. The summed E-state index contributed by atoms with van der Waals surface area (Å²) in [4.78, 5) is 2.05. The molecular weight excluding hydrogens is 203 g/mol. The maximum atomic E-state index is 13.6. The van der Waals surface area contributed by atoms with Crippen molar-refractivity contribution in [2.45, 2.75) is 26.8 Å². The Hall–Kier alpha value is -1.09. The number of hydrogen-bond donors (Lipinski definition) is 1. The number of nitrogens with zero attached hydrogens (tertiary/aromatic N) is 1. The third kappa shape index (κ3) is 3.81. The van der Waals surface area contributed by atoms with Crippen molar-refractivity contribution in [3.05, 3.63) is 30.1 Å². The minimum absolute atomic E-state index is 0.145. The second-order valence-corrected chi connectivity index (χ2v) is 4.14. The fourth-order valence-electron chi connectivity index (χ4n) is 1.65. The van der Waals surface area contributed by atoms with Crippen LogP contribution in [0.4, 0.5) is 10.1 Å². The summed E-state index contributed by atoms with van der Waals surface area (Å²) in [6.07, 6.45) is 0. The van der Waals surface area contributed by atoms with Gasteiger partial charge in [-0.3, -0.25) is 0 Å². The van der Waals surface area contributed by atoms with Gasteiger partial charge in [-0.1, -0.05) is 26.0 Å². The van der Waals surface area contributed by atoms with Gasteiger partial charge in [-0.2, -0.15) is 0 Å². The first kappa shape index (κ1) is 13.0. The monoisotopic (exact) mass is 224 g/mol. The summed E-state index contributed by atoms with van der Waals surface area (Å²) in [5.41, 5.74) is 0.690. The second kappa shape index (κ2) is 6.48. The van der Waals surface area contributed by atoms with E-state index in [1.54, 1.807) is 6.07 Å². The number of anilines is 1. The number of halogens is 1. The van der Waals surface area contributed by atoms with Crippen LogP contribution in [0.3, 0.4) is 0 Å². The van der Waals surface area contributed by atoms with Gasteiger partial charge in [-0.15, -0.1) is 0 Å². The molecule has 1 N–H and O–H groups in total. The Labute approximate surface area is 97.5 Å². The summed E-state index contributed by atoms with van der Waals surface area (Å²) in [7, 11) is 0. The summed E-state index contributed by atoms with van der Waals surface area (Å²) in [6.45, 7) is 8.79.